The van der Waals surface area contributed by atoms with Gasteiger partial charge < -0.3 is 9.47 Å². The summed E-state index contributed by atoms with van der Waals surface area (Å²) >= 11 is 0. The van der Waals surface area contributed by atoms with Crippen LogP contribution in [0.2, 0.25) is 0 Å². The topological polar surface area (TPSA) is 88.2 Å². The fourth-order valence-electron chi connectivity index (χ4n) is 1.26. The molecule has 2 heterocycles. The van der Waals surface area contributed by atoms with Crippen molar-refractivity contribution < 1.29 is 19.1 Å². The van der Waals surface area contributed by atoms with Gasteiger partial charge in [0.25, 0.3) is 0 Å². The van der Waals surface area contributed by atoms with Gasteiger partial charge in [0.15, 0.2) is 0 Å². The first kappa shape index (κ1) is 12.8. The van der Waals surface area contributed by atoms with E-state index in [1.165, 1.54) is 46.6 Å². The quantitative estimate of drug-likeness (QED) is 0.769. The van der Waals surface area contributed by atoms with Crippen LogP contribution >= 0.6 is 0 Å². The lowest BCUT2D eigenvalue weighted by Gasteiger charge is -2.06. The van der Waals surface area contributed by atoms with E-state index in [4.69, 9.17) is 9.47 Å². The second-order valence-corrected chi connectivity index (χ2v) is 3.52. The van der Waals surface area contributed by atoms with Gasteiger partial charge in [-0.1, -0.05) is 0 Å². The molecule has 2 rings (SSSR count). The van der Waals surface area contributed by atoms with Crippen molar-refractivity contribution >= 4 is 12.2 Å². The summed E-state index contributed by atoms with van der Waals surface area (Å²) in [6.45, 7) is 0.322. The minimum Gasteiger partial charge on any atom is -0.449 e. The van der Waals surface area contributed by atoms with E-state index in [-0.39, 0.29) is 13.2 Å². The SMILES string of the molecule is O=C(OCCCOC(=O)n1ccnc1)n1ccnc1. The third-order valence-electron chi connectivity index (χ3n) is 2.17. The Kier molecular flexibility index (Phi) is 4.27. The summed E-state index contributed by atoms with van der Waals surface area (Å²) in [4.78, 5) is 30.2. The Bertz CT molecular complexity index is 473. The molecule has 2 aromatic heterocycles. The van der Waals surface area contributed by atoms with E-state index in [1.807, 2.05) is 0 Å². The lowest BCUT2D eigenvalue weighted by molar-refractivity contribution is 0.120. The normalized spacial score (nSPS) is 10.1. The molecule has 0 aliphatic heterocycles. The van der Waals surface area contributed by atoms with Crippen LogP contribution in [-0.4, -0.2) is 44.5 Å². The lowest BCUT2D eigenvalue weighted by atomic mass is 10.5. The third-order valence-corrected chi connectivity index (χ3v) is 2.17. The highest BCUT2D eigenvalue weighted by molar-refractivity contribution is 5.70. The molecule has 0 spiro atoms. The summed E-state index contributed by atoms with van der Waals surface area (Å²) in [6, 6.07) is 0. The molecule has 0 atom stereocenters. The Morgan fingerprint density at radius 2 is 1.37 bits per heavy atom. The van der Waals surface area contributed by atoms with E-state index in [1.54, 1.807) is 0 Å². The summed E-state index contributed by atoms with van der Waals surface area (Å²) in [5.41, 5.74) is 0. The van der Waals surface area contributed by atoms with Crippen LogP contribution in [0.3, 0.4) is 0 Å². The first-order valence-corrected chi connectivity index (χ1v) is 5.57. The molecule has 8 nitrogen and oxygen atoms in total. The molecule has 0 aliphatic rings. The molecule has 0 N–H and O–H groups in total. The highest BCUT2D eigenvalue weighted by Crippen LogP contribution is 1.94. The van der Waals surface area contributed by atoms with Crippen molar-refractivity contribution in [3.63, 3.8) is 0 Å². The number of hydrogen-bond donors (Lipinski definition) is 0. The highest BCUT2D eigenvalue weighted by atomic mass is 16.6. The standard InChI is InChI=1S/C11H12N4O4/c16-10(14-4-2-12-8-14)18-6-1-7-19-11(17)15-5-3-13-9-15/h2-5,8-9H,1,6-7H2. The molecular formula is C11H12N4O4. The number of aromatic nitrogens is 4. The van der Waals surface area contributed by atoms with Crippen LogP contribution in [0, 0.1) is 0 Å². The van der Waals surface area contributed by atoms with Crippen LogP contribution in [0.25, 0.3) is 0 Å². The van der Waals surface area contributed by atoms with Crippen LogP contribution in [0.15, 0.2) is 37.4 Å². The summed E-state index contributed by atoms with van der Waals surface area (Å²) in [6.07, 6.45) is 8.02. The zero-order valence-corrected chi connectivity index (χ0v) is 10.0. The smallest absolute Gasteiger partial charge is 0.419 e. The van der Waals surface area contributed by atoms with Crippen LogP contribution < -0.4 is 0 Å². The maximum Gasteiger partial charge on any atom is 0.419 e. The molecule has 0 amide bonds. The predicted octanol–water partition coefficient (Wildman–Crippen LogP) is 1.14. The minimum atomic E-state index is -0.515. The van der Waals surface area contributed by atoms with Crippen molar-refractivity contribution in [2.45, 2.75) is 6.42 Å². The Hall–Kier alpha value is -2.64. The van der Waals surface area contributed by atoms with Crippen LogP contribution in [0.5, 0.6) is 0 Å². The Morgan fingerprint density at radius 3 is 1.74 bits per heavy atom. The monoisotopic (exact) mass is 264 g/mol. The van der Waals surface area contributed by atoms with Crippen molar-refractivity contribution in [3.8, 4) is 0 Å². The summed E-state index contributed by atoms with van der Waals surface area (Å²) < 4.78 is 12.3. The number of rotatable bonds is 4. The lowest BCUT2D eigenvalue weighted by Crippen LogP contribution is -2.16. The summed E-state index contributed by atoms with van der Waals surface area (Å²) in [7, 11) is 0. The molecular weight excluding hydrogens is 252 g/mol. The van der Waals surface area contributed by atoms with E-state index in [0.717, 1.165) is 0 Å². The molecule has 0 unspecified atom stereocenters. The van der Waals surface area contributed by atoms with Crippen molar-refractivity contribution in [2.75, 3.05) is 13.2 Å². The molecule has 0 aromatic carbocycles. The average molecular weight is 264 g/mol. The van der Waals surface area contributed by atoms with E-state index < -0.39 is 12.2 Å². The predicted molar refractivity (Wildman–Crippen MR) is 62.6 cm³/mol. The van der Waals surface area contributed by atoms with Crippen LogP contribution in [0.1, 0.15) is 6.42 Å². The zero-order valence-electron chi connectivity index (χ0n) is 10.0. The molecule has 0 saturated carbocycles. The van der Waals surface area contributed by atoms with Gasteiger partial charge >= 0.3 is 12.2 Å². The summed E-state index contributed by atoms with van der Waals surface area (Å²) in [5, 5.41) is 0. The number of carbonyl (C=O) groups excluding carboxylic acids is 2. The van der Waals surface area contributed by atoms with Gasteiger partial charge in [0.1, 0.15) is 12.7 Å². The molecule has 0 saturated heterocycles. The van der Waals surface area contributed by atoms with Crippen molar-refractivity contribution in [2.24, 2.45) is 0 Å². The maximum atomic E-state index is 11.4. The number of ether oxygens (including phenoxy) is 2. The van der Waals surface area contributed by atoms with E-state index >= 15 is 0 Å². The first-order valence-electron chi connectivity index (χ1n) is 5.57. The average Bonchev–Trinajstić information content (AvgIpc) is 3.10. The molecule has 0 aliphatic carbocycles. The number of carbonyl (C=O) groups is 2. The van der Waals surface area contributed by atoms with Gasteiger partial charge in [-0.05, 0) is 0 Å². The van der Waals surface area contributed by atoms with Gasteiger partial charge in [-0.2, -0.15) is 0 Å². The van der Waals surface area contributed by atoms with E-state index in [0.29, 0.717) is 6.42 Å². The van der Waals surface area contributed by atoms with Crippen molar-refractivity contribution in [1.82, 2.24) is 19.1 Å². The van der Waals surface area contributed by atoms with Gasteiger partial charge in [0.2, 0.25) is 0 Å². The number of hydrogen-bond acceptors (Lipinski definition) is 6. The molecule has 0 bridgehead atoms. The Morgan fingerprint density at radius 1 is 0.895 bits per heavy atom. The molecule has 8 heteroatoms. The van der Waals surface area contributed by atoms with Gasteiger partial charge in [-0.15, -0.1) is 0 Å². The summed E-state index contributed by atoms with van der Waals surface area (Å²) in [5.74, 6) is 0. The zero-order chi connectivity index (χ0) is 13.5. The fourth-order valence-corrected chi connectivity index (χ4v) is 1.26. The van der Waals surface area contributed by atoms with Crippen molar-refractivity contribution in [3.05, 3.63) is 37.4 Å². The molecule has 0 radical (unpaired) electrons. The van der Waals surface area contributed by atoms with Crippen molar-refractivity contribution in [1.29, 1.82) is 0 Å². The molecule has 0 fully saturated rings. The Labute approximate surface area is 108 Å². The number of nitrogens with zero attached hydrogens (tertiary/aromatic N) is 4. The molecule has 2 aromatic rings. The largest absolute Gasteiger partial charge is 0.449 e. The van der Waals surface area contributed by atoms with Gasteiger partial charge in [-0.25, -0.2) is 28.7 Å². The minimum absolute atomic E-state index is 0.161. The first-order chi connectivity index (χ1) is 9.27. The second-order valence-electron chi connectivity index (χ2n) is 3.52. The highest BCUT2D eigenvalue weighted by Gasteiger charge is 2.06. The van der Waals surface area contributed by atoms with E-state index in [2.05, 4.69) is 9.97 Å². The third kappa shape index (κ3) is 3.66. The van der Waals surface area contributed by atoms with E-state index in [9.17, 15) is 9.59 Å². The second kappa shape index (κ2) is 6.34. The van der Waals surface area contributed by atoms with Gasteiger partial charge in [-0.3, -0.25) is 0 Å². The molecule has 100 valence electrons. The van der Waals surface area contributed by atoms with Gasteiger partial charge in [0.05, 0.1) is 13.2 Å². The van der Waals surface area contributed by atoms with Crippen LogP contribution in [-0.2, 0) is 9.47 Å². The maximum absolute atomic E-state index is 11.4. The van der Waals surface area contributed by atoms with Crippen LogP contribution in [0.4, 0.5) is 9.59 Å². The number of imidazole rings is 2. The fraction of sp³-hybridized carbons (Fsp3) is 0.273. The Balaban J connectivity index is 1.60. The van der Waals surface area contributed by atoms with Gasteiger partial charge in [0, 0.05) is 31.2 Å². The molecule has 19 heavy (non-hydrogen) atoms.